The standard InChI is InChI=1S/C18H33ClN4O/c1-2-23-9-8-16(22-23)18(24)21-17-7-6-14(12-20-17)10-13-4-3-5-15(19)11-13/h13-17,20,22H,2-12H2,1H3,(H,21,24). The third-order valence-corrected chi connectivity index (χ3v) is 6.34. The zero-order valence-corrected chi connectivity index (χ0v) is 15.7. The Labute approximate surface area is 151 Å². The SMILES string of the molecule is CCN1CCC(C(=O)NC2CCC(CC3CCCC(Cl)C3)CN2)N1. The van der Waals surface area contributed by atoms with Crippen molar-refractivity contribution in [2.75, 3.05) is 19.6 Å². The van der Waals surface area contributed by atoms with Gasteiger partial charge in [0.1, 0.15) is 6.04 Å². The van der Waals surface area contributed by atoms with Crippen LogP contribution in [0.25, 0.3) is 0 Å². The van der Waals surface area contributed by atoms with Crippen LogP contribution >= 0.6 is 11.6 Å². The molecule has 0 aromatic heterocycles. The minimum Gasteiger partial charge on any atom is -0.339 e. The van der Waals surface area contributed by atoms with Crippen LogP contribution in [0.2, 0.25) is 0 Å². The van der Waals surface area contributed by atoms with Gasteiger partial charge in [-0.1, -0.05) is 19.8 Å². The Morgan fingerprint density at radius 2 is 2.08 bits per heavy atom. The van der Waals surface area contributed by atoms with E-state index in [1.54, 1.807) is 0 Å². The lowest BCUT2D eigenvalue weighted by atomic mass is 9.80. The highest BCUT2D eigenvalue weighted by molar-refractivity contribution is 6.20. The smallest absolute Gasteiger partial charge is 0.239 e. The number of hydrogen-bond donors (Lipinski definition) is 3. The lowest BCUT2D eigenvalue weighted by molar-refractivity contribution is -0.124. The molecule has 3 rings (SSSR count). The summed E-state index contributed by atoms with van der Waals surface area (Å²) >= 11 is 6.32. The third-order valence-electron chi connectivity index (χ3n) is 5.94. The van der Waals surface area contributed by atoms with Gasteiger partial charge in [0.25, 0.3) is 0 Å². The molecule has 5 nitrogen and oxygen atoms in total. The van der Waals surface area contributed by atoms with E-state index < -0.39 is 0 Å². The average molecular weight is 357 g/mol. The lowest BCUT2D eigenvalue weighted by Crippen LogP contribution is -2.54. The molecule has 0 spiro atoms. The van der Waals surface area contributed by atoms with Gasteiger partial charge < -0.3 is 5.32 Å². The van der Waals surface area contributed by atoms with Crippen molar-refractivity contribution >= 4 is 17.5 Å². The minimum absolute atomic E-state index is 0.0626. The summed E-state index contributed by atoms with van der Waals surface area (Å²) in [6, 6.07) is -0.0626. The van der Waals surface area contributed by atoms with Crippen molar-refractivity contribution in [2.24, 2.45) is 11.8 Å². The molecule has 0 radical (unpaired) electrons. The molecular formula is C18H33ClN4O. The largest absolute Gasteiger partial charge is 0.339 e. The summed E-state index contributed by atoms with van der Waals surface area (Å²) in [5, 5.41) is 9.23. The van der Waals surface area contributed by atoms with Crippen LogP contribution in [0, 0.1) is 11.8 Å². The Bertz CT molecular complexity index is 414. The van der Waals surface area contributed by atoms with E-state index in [0.29, 0.717) is 5.38 Å². The zero-order valence-electron chi connectivity index (χ0n) is 14.9. The van der Waals surface area contributed by atoms with Crippen LogP contribution < -0.4 is 16.1 Å². The molecule has 6 heteroatoms. The van der Waals surface area contributed by atoms with Crippen molar-refractivity contribution in [3.63, 3.8) is 0 Å². The number of halogens is 1. The van der Waals surface area contributed by atoms with Gasteiger partial charge in [0.2, 0.25) is 5.91 Å². The number of hydrazine groups is 1. The summed E-state index contributed by atoms with van der Waals surface area (Å²) in [4.78, 5) is 12.4. The van der Waals surface area contributed by atoms with Gasteiger partial charge in [0.05, 0.1) is 6.17 Å². The number of amides is 1. The second kappa shape index (κ2) is 8.84. The number of carbonyl (C=O) groups is 1. The normalized spacial score (nSPS) is 38.2. The van der Waals surface area contributed by atoms with Gasteiger partial charge in [-0.15, -0.1) is 11.6 Å². The van der Waals surface area contributed by atoms with E-state index in [0.717, 1.165) is 44.3 Å². The average Bonchev–Trinajstić information content (AvgIpc) is 3.06. The summed E-state index contributed by atoms with van der Waals surface area (Å²) in [5.74, 6) is 1.69. The van der Waals surface area contributed by atoms with Crippen LogP contribution in [-0.2, 0) is 4.79 Å². The monoisotopic (exact) mass is 356 g/mol. The molecule has 24 heavy (non-hydrogen) atoms. The predicted octanol–water partition coefficient (Wildman–Crippen LogP) is 2.21. The molecule has 3 aliphatic rings. The summed E-state index contributed by atoms with van der Waals surface area (Å²) in [5.41, 5.74) is 3.28. The first-order valence-electron chi connectivity index (χ1n) is 9.83. The maximum absolute atomic E-state index is 12.4. The molecule has 138 valence electrons. The molecule has 0 bridgehead atoms. The fourth-order valence-corrected chi connectivity index (χ4v) is 4.90. The van der Waals surface area contributed by atoms with Crippen molar-refractivity contribution in [1.29, 1.82) is 0 Å². The topological polar surface area (TPSA) is 56.4 Å². The molecule has 5 unspecified atom stereocenters. The first-order valence-corrected chi connectivity index (χ1v) is 10.3. The van der Waals surface area contributed by atoms with Gasteiger partial charge in [-0.3, -0.25) is 10.1 Å². The number of carbonyl (C=O) groups excluding carboxylic acids is 1. The maximum Gasteiger partial charge on any atom is 0.239 e. The molecule has 3 fully saturated rings. The van der Waals surface area contributed by atoms with Gasteiger partial charge >= 0.3 is 0 Å². The van der Waals surface area contributed by atoms with Gasteiger partial charge in [0.15, 0.2) is 0 Å². The number of rotatable bonds is 5. The number of nitrogens with zero attached hydrogens (tertiary/aromatic N) is 1. The molecule has 5 atom stereocenters. The third kappa shape index (κ3) is 5.07. The Morgan fingerprint density at radius 3 is 2.75 bits per heavy atom. The van der Waals surface area contributed by atoms with E-state index in [4.69, 9.17) is 11.6 Å². The first kappa shape index (κ1) is 18.4. The van der Waals surface area contributed by atoms with Crippen LogP contribution in [-0.4, -0.2) is 48.1 Å². The highest BCUT2D eigenvalue weighted by Crippen LogP contribution is 2.33. The second-order valence-electron chi connectivity index (χ2n) is 7.83. The van der Waals surface area contributed by atoms with E-state index in [1.807, 2.05) is 0 Å². The van der Waals surface area contributed by atoms with Gasteiger partial charge in [-0.25, -0.2) is 10.4 Å². The Hall–Kier alpha value is -0.360. The summed E-state index contributed by atoms with van der Waals surface area (Å²) in [6.07, 6.45) is 9.61. The predicted molar refractivity (Wildman–Crippen MR) is 97.7 cm³/mol. The van der Waals surface area contributed by atoms with Gasteiger partial charge in [0, 0.05) is 18.5 Å². The molecule has 2 heterocycles. The van der Waals surface area contributed by atoms with Crippen LogP contribution in [0.3, 0.4) is 0 Å². The summed E-state index contributed by atoms with van der Waals surface area (Å²) < 4.78 is 0. The number of nitrogens with one attached hydrogen (secondary N) is 3. The van der Waals surface area contributed by atoms with Crippen LogP contribution in [0.1, 0.15) is 58.3 Å². The lowest BCUT2D eigenvalue weighted by Gasteiger charge is -2.34. The molecule has 0 aromatic rings. The van der Waals surface area contributed by atoms with E-state index in [2.05, 4.69) is 28.0 Å². The zero-order chi connectivity index (χ0) is 16.9. The van der Waals surface area contributed by atoms with E-state index in [9.17, 15) is 4.79 Å². The Morgan fingerprint density at radius 1 is 1.21 bits per heavy atom. The Kier molecular flexibility index (Phi) is 6.79. The summed E-state index contributed by atoms with van der Waals surface area (Å²) in [7, 11) is 0. The molecule has 1 amide bonds. The van der Waals surface area contributed by atoms with Crippen molar-refractivity contribution in [1.82, 2.24) is 21.1 Å². The summed E-state index contributed by atoms with van der Waals surface area (Å²) in [6.45, 7) is 5.03. The molecular weight excluding hydrogens is 324 g/mol. The molecule has 1 aliphatic carbocycles. The van der Waals surface area contributed by atoms with E-state index in [-0.39, 0.29) is 18.1 Å². The molecule has 1 saturated carbocycles. The van der Waals surface area contributed by atoms with Crippen LogP contribution in [0.4, 0.5) is 0 Å². The van der Waals surface area contributed by atoms with Crippen LogP contribution in [0.5, 0.6) is 0 Å². The molecule has 3 N–H and O–H groups in total. The molecule has 0 aromatic carbocycles. The quantitative estimate of drug-likeness (QED) is 0.661. The van der Waals surface area contributed by atoms with E-state index >= 15 is 0 Å². The number of hydrogen-bond acceptors (Lipinski definition) is 4. The molecule has 2 saturated heterocycles. The first-order chi connectivity index (χ1) is 11.6. The number of alkyl halides is 1. The minimum atomic E-state index is -0.0626. The van der Waals surface area contributed by atoms with E-state index in [1.165, 1.54) is 38.5 Å². The fourth-order valence-electron chi connectivity index (χ4n) is 4.50. The highest BCUT2D eigenvalue weighted by Gasteiger charge is 2.30. The van der Waals surface area contributed by atoms with Crippen molar-refractivity contribution in [3.8, 4) is 0 Å². The maximum atomic E-state index is 12.4. The van der Waals surface area contributed by atoms with Crippen molar-refractivity contribution in [3.05, 3.63) is 0 Å². The second-order valence-corrected chi connectivity index (χ2v) is 8.45. The Balaban J connectivity index is 1.35. The van der Waals surface area contributed by atoms with Gasteiger partial charge in [-0.05, 0) is 56.9 Å². The molecule has 2 aliphatic heterocycles. The number of piperidine rings is 1. The highest BCUT2D eigenvalue weighted by atomic mass is 35.5. The van der Waals surface area contributed by atoms with Gasteiger partial charge in [-0.2, -0.15) is 0 Å². The van der Waals surface area contributed by atoms with Crippen molar-refractivity contribution in [2.45, 2.75) is 75.9 Å². The fraction of sp³-hybridized carbons (Fsp3) is 0.944. The van der Waals surface area contributed by atoms with Crippen molar-refractivity contribution < 1.29 is 4.79 Å². The van der Waals surface area contributed by atoms with Crippen LogP contribution in [0.15, 0.2) is 0 Å².